The van der Waals surface area contributed by atoms with Crippen molar-refractivity contribution in [3.63, 3.8) is 0 Å². The minimum atomic E-state index is -0.222. The number of benzene rings is 1. The Morgan fingerprint density at radius 2 is 2.15 bits per heavy atom. The van der Waals surface area contributed by atoms with Gasteiger partial charge in [-0.2, -0.15) is 5.10 Å². The molecule has 2 bridgehead atoms. The lowest BCUT2D eigenvalue weighted by Crippen LogP contribution is -2.74. The molecule has 8 heteroatoms. The number of aryl methyl sites for hydroxylation is 1. The van der Waals surface area contributed by atoms with Crippen molar-refractivity contribution in [1.82, 2.24) is 19.5 Å². The zero-order chi connectivity index (χ0) is 23.0. The molecule has 2 aliphatic rings. The van der Waals surface area contributed by atoms with Crippen LogP contribution < -0.4 is 5.32 Å². The molecule has 0 spiro atoms. The first-order valence-electron chi connectivity index (χ1n) is 11.6. The van der Waals surface area contributed by atoms with Crippen LogP contribution in [-0.2, 0) is 9.47 Å². The summed E-state index contributed by atoms with van der Waals surface area (Å²) in [5.41, 5.74) is 4.36. The van der Waals surface area contributed by atoms with Crippen molar-refractivity contribution in [2.24, 2.45) is 5.92 Å². The smallest absolute Gasteiger partial charge is 0.322 e. The van der Waals surface area contributed by atoms with Crippen LogP contribution in [0.3, 0.4) is 0 Å². The number of nitrogens with one attached hydrogen (secondary N) is 1. The molecule has 8 nitrogen and oxygen atoms in total. The molecule has 1 saturated heterocycles. The Bertz CT molecular complexity index is 1160. The first-order chi connectivity index (χ1) is 16.0. The van der Waals surface area contributed by atoms with Crippen LogP contribution in [0, 0.1) is 12.8 Å². The highest BCUT2D eigenvalue weighted by atomic mass is 16.5. The summed E-state index contributed by atoms with van der Waals surface area (Å²) in [6.45, 7) is 5.97. The standard InChI is InChI=1S/C25H31N5O3/c1-17-10-21-13-25(12-17,16-33-9-8-32-3)30(21)24(31)28-19-5-4-18(2)22(11-19)23-15-29-20(14-26-23)6-7-27-29/h4-7,11,14-15,17,21H,8-10,12-13,16H2,1-3H3,(H,28,31)/t17-,21+,25-/m1/s1. The minimum absolute atomic E-state index is 0.0567. The van der Waals surface area contributed by atoms with Crippen molar-refractivity contribution in [1.29, 1.82) is 0 Å². The SMILES string of the molecule is COCCOC[C@@]12C[C@H](C)C[C@@H](C1)N2C(=O)Nc1ccc(C)c(-c2cn3nccc3cn2)c1. The van der Waals surface area contributed by atoms with Crippen LogP contribution in [0.2, 0.25) is 0 Å². The van der Waals surface area contributed by atoms with E-state index in [0.717, 1.165) is 47.3 Å². The molecule has 0 unspecified atom stereocenters. The van der Waals surface area contributed by atoms with Gasteiger partial charge in [-0.05, 0) is 55.9 Å². The third-order valence-corrected chi connectivity index (χ3v) is 6.96. The van der Waals surface area contributed by atoms with E-state index < -0.39 is 0 Å². The molecule has 2 amide bonds. The summed E-state index contributed by atoms with van der Waals surface area (Å²) in [6, 6.07) is 8.09. The van der Waals surface area contributed by atoms with Gasteiger partial charge in [0.05, 0.1) is 55.2 Å². The predicted molar refractivity (Wildman–Crippen MR) is 126 cm³/mol. The van der Waals surface area contributed by atoms with Gasteiger partial charge < -0.3 is 19.7 Å². The Kier molecular flexibility index (Phi) is 5.80. The van der Waals surface area contributed by atoms with Crippen molar-refractivity contribution in [2.45, 2.75) is 44.7 Å². The first kappa shape index (κ1) is 21.9. The number of aromatic nitrogens is 3. The Morgan fingerprint density at radius 3 is 3.00 bits per heavy atom. The summed E-state index contributed by atoms with van der Waals surface area (Å²) in [5.74, 6) is 0.591. The topological polar surface area (TPSA) is 81.0 Å². The molecule has 2 fully saturated rings. The molecule has 1 aliphatic heterocycles. The molecule has 1 aromatic carbocycles. The molecule has 174 valence electrons. The predicted octanol–water partition coefficient (Wildman–Crippen LogP) is 4.14. The van der Waals surface area contributed by atoms with E-state index >= 15 is 0 Å². The Labute approximate surface area is 193 Å². The van der Waals surface area contributed by atoms with Gasteiger partial charge in [0.2, 0.25) is 0 Å². The van der Waals surface area contributed by atoms with Crippen LogP contribution in [0.25, 0.3) is 16.8 Å². The summed E-state index contributed by atoms with van der Waals surface area (Å²) < 4.78 is 12.8. The number of piperidine rings is 1. The van der Waals surface area contributed by atoms with Crippen LogP contribution in [0.4, 0.5) is 10.5 Å². The number of ether oxygens (including phenoxy) is 2. The maximum atomic E-state index is 13.4. The lowest BCUT2D eigenvalue weighted by molar-refractivity contribution is -0.131. The van der Waals surface area contributed by atoms with Crippen molar-refractivity contribution < 1.29 is 14.3 Å². The first-order valence-corrected chi connectivity index (χ1v) is 11.6. The Balaban J connectivity index is 1.34. The van der Waals surface area contributed by atoms with E-state index in [1.54, 1.807) is 13.3 Å². The molecular formula is C25H31N5O3. The van der Waals surface area contributed by atoms with Gasteiger partial charge in [0, 0.05) is 24.4 Å². The molecule has 3 atom stereocenters. The van der Waals surface area contributed by atoms with Gasteiger partial charge >= 0.3 is 6.03 Å². The van der Waals surface area contributed by atoms with Crippen LogP contribution in [-0.4, -0.2) is 64.0 Å². The second-order valence-corrected chi connectivity index (χ2v) is 9.48. The van der Waals surface area contributed by atoms with Crippen LogP contribution in [0.5, 0.6) is 0 Å². The third kappa shape index (κ3) is 4.09. The summed E-state index contributed by atoms with van der Waals surface area (Å²) in [4.78, 5) is 20.0. The monoisotopic (exact) mass is 449 g/mol. The average Bonchev–Trinajstić information content (AvgIpc) is 3.25. The molecule has 5 rings (SSSR count). The van der Waals surface area contributed by atoms with Gasteiger partial charge in [-0.3, -0.25) is 4.98 Å². The van der Waals surface area contributed by atoms with E-state index in [1.165, 1.54) is 0 Å². The minimum Gasteiger partial charge on any atom is -0.382 e. The molecular weight excluding hydrogens is 418 g/mol. The highest BCUT2D eigenvalue weighted by molar-refractivity contribution is 5.92. The Morgan fingerprint density at radius 1 is 1.27 bits per heavy atom. The van der Waals surface area contributed by atoms with Gasteiger partial charge in [0.25, 0.3) is 0 Å². The van der Waals surface area contributed by atoms with Crippen molar-refractivity contribution >= 4 is 17.2 Å². The summed E-state index contributed by atoms with van der Waals surface area (Å²) >= 11 is 0. The van der Waals surface area contributed by atoms with Crippen LogP contribution >= 0.6 is 0 Å². The maximum Gasteiger partial charge on any atom is 0.322 e. The van der Waals surface area contributed by atoms with Crippen molar-refractivity contribution in [2.75, 3.05) is 32.2 Å². The number of anilines is 1. The van der Waals surface area contributed by atoms with E-state index in [9.17, 15) is 4.79 Å². The number of likely N-dealkylation sites (tertiary alicyclic amines) is 1. The molecule has 2 aromatic heterocycles. The lowest BCUT2D eigenvalue weighted by Gasteiger charge is -2.63. The number of hydrogen-bond acceptors (Lipinski definition) is 5. The highest BCUT2D eigenvalue weighted by Crippen LogP contribution is 2.50. The van der Waals surface area contributed by atoms with Crippen LogP contribution in [0.1, 0.15) is 31.7 Å². The lowest BCUT2D eigenvalue weighted by atomic mass is 9.65. The van der Waals surface area contributed by atoms with Gasteiger partial charge in [-0.1, -0.05) is 13.0 Å². The molecule has 3 heterocycles. The fraction of sp³-hybridized carbons (Fsp3) is 0.480. The van der Waals surface area contributed by atoms with Gasteiger partial charge in [0.15, 0.2) is 0 Å². The number of amides is 2. The summed E-state index contributed by atoms with van der Waals surface area (Å²) in [7, 11) is 1.67. The van der Waals surface area contributed by atoms with Crippen molar-refractivity contribution in [3.05, 3.63) is 48.4 Å². The fourth-order valence-corrected chi connectivity index (χ4v) is 5.56. The quantitative estimate of drug-likeness (QED) is 0.548. The Hall–Kier alpha value is -2.97. The number of carbonyl (C=O) groups is 1. The van der Waals surface area contributed by atoms with Gasteiger partial charge in [-0.25, -0.2) is 9.31 Å². The van der Waals surface area contributed by atoms with Gasteiger partial charge in [0.1, 0.15) is 0 Å². The zero-order valence-corrected chi connectivity index (χ0v) is 19.5. The number of rotatable bonds is 7. The number of carbonyl (C=O) groups excluding carboxylic acids is 1. The van der Waals surface area contributed by atoms with E-state index in [2.05, 4.69) is 22.3 Å². The van der Waals surface area contributed by atoms with Gasteiger partial charge in [-0.15, -0.1) is 0 Å². The normalized spacial score (nSPS) is 24.0. The van der Waals surface area contributed by atoms with E-state index in [1.807, 2.05) is 53.0 Å². The fourth-order valence-electron chi connectivity index (χ4n) is 5.56. The number of methoxy groups -OCH3 is 1. The summed E-state index contributed by atoms with van der Waals surface area (Å²) in [6.07, 6.45) is 8.49. The van der Waals surface area contributed by atoms with Crippen molar-refractivity contribution in [3.8, 4) is 11.3 Å². The number of nitrogens with zero attached hydrogens (tertiary/aromatic N) is 4. The van der Waals surface area contributed by atoms with Crippen LogP contribution in [0.15, 0.2) is 42.9 Å². The zero-order valence-electron chi connectivity index (χ0n) is 19.5. The van der Waals surface area contributed by atoms with E-state index in [4.69, 9.17) is 9.47 Å². The summed E-state index contributed by atoms with van der Waals surface area (Å²) in [5, 5.41) is 7.45. The second-order valence-electron chi connectivity index (χ2n) is 9.48. The average molecular weight is 450 g/mol. The third-order valence-electron chi connectivity index (χ3n) is 6.96. The van der Waals surface area contributed by atoms with E-state index in [0.29, 0.717) is 25.7 Å². The number of urea groups is 1. The largest absolute Gasteiger partial charge is 0.382 e. The molecule has 3 aromatic rings. The molecule has 0 radical (unpaired) electrons. The molecule has 33 heavy (non-hydrogen) atoms. The number of hydrogen-bond donors (Lipinski definition) is 1. The molecule has 1 aliphatic carbocycles. The second kappa shape index (κ2) is 8.76. The maximum absolute atomic E-state index is 13.4. The highest BCUT2D eigenvalue weighted by Gasteiger charge is 2.58. The van der Waals surface area contributed by atoms with E-state index in [-0.39, 0.29) is 17.6 Å². The number of fused-ring (bicyclic) bond motifs is 3. The molecule has 1 N–H and O–H groups in total. The molecule has 1 saturated carbocycles.